The summed E-state index contributed by atoms with van der Waals surface area (Å²) in [6.07, 6.45) is 0.681. The highest BCUT2D eigenvalue weighted by molar-refractivity contribution is 7.91. The van der Waals surface area contributed by atoms with E-state index < -0.39 is 9.84 Å². The van der Waals surface area contributed by atoms with Crippen LogP contribution in [0, 0.1) is 5.92 Å². The molecule has 2 unspecified atom stereocenters. The minimum atomic E-state index is -3.00. The van der Waals surface area contributed by atoms with Crippen LogP contribution in [0.25, 0.3) is 0 Å². The second kappa shape index (κ2) is 5.02. The molecule has 2 amide bonds. The van der Waals surface area contributed by atoms with Crippen LogP contribution in [0.15, 0.2) is 0 Å². The van der Waals surface area contributed by atoms with E-state index in [9.17, 15) is 18.0 Å². The van der Waals surface area contributed by atoms with Crippen LogP contribution in [-0.4, -0.2) is 54.8 Å². The van der Waals surface area contributed by atoms with Crippen molar-refractivity contribution in [2.45, 2.75) is 45.2 Å². The highest BCUT2D eigenvalue weighted by atomic mass is 32.2. The smallest absolute Gasteiger partial charge is 0.225 e. The summed E-state index contributed by atoms with van der Waals surface area (Å²) >= 11 is 0. The normalized spacial score (nSPS) is 29.8. The number of amides is 2. The monoisotopic (exact) mass is 302 g/mol. The molecule has 2 aliphatic rings. The van der Waals surface area contributed by atoms with Crippen molar-refractivity contribution in [1.82, 2.24) is 10.2 Å². The van der Waals surface area contributed by atoms with Gasteiger partial charge in [-0.2, -0.15) is 0 Å². The molecule has 0 aromatic rings. The van der Waals surface area contributed by atoms with Gasteiger partial charge in [0.25, 0.3) is 0 Å². The number of hydrogen-bond acceptors (Lipinski definition) is 4. The molecule has 0 saturated carbocycles. The Hall–Kier alpha value is -1.11. The number of carbonyl (C=O) groups is 2. The van der Waals surface area contributed by atoms with Gasteiger partial charge < -0.3 is 10.2 Å². The van der Waals surface area contributed by atoms with Crippen molar-refractivity contribution in [3.8, 4) is 0 Å². The van der Waals surface area contributed by atoms with E-state index in [0.717, 1.165) is 0 Å². The Morgan fingerprint density at radius 3 is 2.45 bits per heavy atom. The largest absolute Gasteiger partial charge is 0.352 e. The van der Waals surface area contributed by atoms with Crippen LogP contribution in [-0.2, 0) is 19.4 Å². The Morgan fingerprint density at radius 2 is 2.00 bits per heavy atom. The summed E-state index contributed by atoms with van der Waals surface area (Å²) in [5, 5.41) is 2.77. The highest BCUT2D eigenvalue weighted by Crippen LogP contribution is 2.26. The third kappa shape index (κ3) is 3.31. The van der Waals surface area contributed by atoms with Crippen LogP contribution in [0.1, 0.15) is 33.6 Å². The molecule has 0 aromatic heterocycles. The average Bonchev–Trinajstić information content (AvgIpc) is 2.81. The number of nitrogens with one attached hydrogen (secondary N) is 1. The van der Waals surface area contributed by atoms with Gasteiger partial charge in [-0.15, -0.1) is 0 Å². The van der Waals surface area contributed by atoms with Crippen LogP contribution >= 0.6 is 0 Å². The van der Waals surface area contributed by atoms with Gasteiger partial charge in [0.1, 0.15) is 0 Å². The molecule has 114 valence electrons. The molecule has 2 heterocycles. The molecule has 1 N–H and O–H groups in total. The molecular weight excluding hydrogens is 280 g/mol. The zero-order valence-corrected chi connectivity index (χ0v) is 13.0. The first-order valence-corrected chi connectivity index (χ1v) is 8.72. The molecule has 2 aliphatic heterocycles. The standard InChI is InChI=1S/C13H22N2O4S/c1-13(2,3)15-7-9(6-11(15)16)12(17)14-10-4-5-20(18,19)8-10/h9-10H,4-8H2,1-3H3,(H,14,17). The summed E-state index contributed by atoms with van der Waals surface area (Å²) in [5.74, 6) is -0.438. The molecule has 2 saturated heterocycles. The Kier molecular flexibility index (Phi) is 3.83. The second-order valence-corrected chi connectivity index (χ2v) is 8.91. The van der Waals surface area contributed by atoms with E-state index >= 15 is 0 Å². The number of likely N-dealkylation sites (tertiary alicyclic amines) is 1. The molecule has 6 nitrogen and oxygen atoms in total. The van der Waals surface area contributed by atoms with Crippen molar-refractivity contribution in [3.05, 3.63) is 0 Å². The minimum absolute atomic E-state index is 0.0163. The number of rotatable bonds is 2. The predicted octanol–water partition coefficient (Wildman–Crippen LogP) is -0.0633. The van der Waals surface area contributed by atoms with Gasteiger partial charge in [-0.3, -0.25) is 9.59 Å². The lowest BCUT2D eigenvalue weighted by atomic mass is 10.1. The fraction of sp³-hybridized carbons (Fsp3) is 0.846. The van der Waals surface area contributed by atoms with Gasteiger partial charge in [0, 0.05) is 24.5 Å². The van der Waals surface area contributed by atoms with Crippen LogP contribution < -0.4 is 5.32 Å². The van der Waals surface area contributed by atoms with Gasteiger partial charge in [-0.05, 0) is 27.2 Å². The average molecular weight is 302 g/mol. The minimum Gasteiger partial charge on any atom is -0.352 e. The molecule has 0 aliphatic carbocycles. The van der Waals surface area contributed by atoms with Crippen molar-refractivity contribution in [3.63, 3.8) is 0 Å². The van der Waals surface area contributed by atoms with Gasteiger partial charge in [-0.25, -0.2) is 8.42 Å². The second-order valence-electron chi connectivity index (χ2n) is 6.68. The van der Waals surface area contributed by atoms with Crippen molar-refractivity contribution in [2.75, 3.05) is 18.1 Å². The molecule has 20 heavy (non-hydrogen) atoms. The van der Waals surface area contributed by atoms with Crippen LogP contribution in [0.5, 0.6) is 0 Å². The molecule has 2 atom stereocenters. The molecule has 0 spiro atoms. The first-order chi connectivity index (χ1) is 9.08. The quantitative estimate of drug-likeness (QED) is 0.774. The first kappa shape index (κ1) is 15.3. The van der Waals surface area contributed by atoms with Crippen molar-refractivity contribution >= 4 is 21.7 Å². The maximum Gasteiger partial charge on any atom is 0.225 e. The lowest BCUT2D eigenvalue weighted by molar-refractivity contribution is -0.132. The van der Waals surface area contributed by atoms with Crippen LogP contribution in [0.4, 0.5) is 0 Å². The Labute approximate surface area is 119 Å². The van der Waals surface area contributed by atoms with Crippen molar-refractivity contribution in [1.29, 1.82) is 0 Å². The zero-order chi connectivity index (χ0) is 15.1. The molecule has 7 heteroatoms. The fourth-order valence-corrected chi connectivity index (χ4v) is 4.43. The maximum absolute atomic E-state index is 12.1. The van der Waals surface area contributed by atoms with E-state index in [4.69, 9.17) is 0 Å². The van der Waals surface area contributed by atoms with Gasteiger partial charge in [0.2, 0.25) is 11.8 Å². The molecule has 2 rings (SSSR count). The maximum atomic E-state index is 12.1. The Morgan fingerprint density at radius 1 is 1.35 bits per heavy atom. The van der Waals surface area contributed by atoms with Gasteiger partial charge in [0.15, 0.2) is 9.84 Å². The van der Waals surface area contributed by atoms with E-state index in [-0.39, 0.29) is 47.2 Å². The Balaban J connectivity index is 1.94. The SMILES string of the molecule is CC(C)(C)N1CC(C(=O)NC2CCS(=O)(=O)C2)CC1=O. The van der Waals surface area contributed by atoms with Crippen molar-refractivity contribution < 1.29 is 18.0 Å². The summed E-state index contributed by atoms with van der Waals surface area (Å²) in [4.78, 5) is 25.8. The van der Waals surface area contributed by atoms with Gasteiger partial charge in [-0.1, -0.05) is 0 Å². The topological polar surface area (TPSA) is 83.6 Å². The fourth-order valence-electron chi connectivity index (χ4n) is 2.76. The Bertz CT molecular complexity index is 521. The molecule has 0 aromatic carbocycles. The highest BCUT2D eigenvalue weighted by Gasteiger charge is 2.40. The number of hydrogen-bond donors (Lipinski definition) is 1. The number of sulfone groups is 1. The first-order valence-electron chi connectivity index (χ1n) is 6.90. The third-order valence-electron chi connectivity index (χ3n) is 3.88. The summed E-state index contributed by atoms with van der Waals surface area (Å²) in [7, 11) is -3.00. The molecule has 0 radical (unpaired) electrons. The number of carbonyl (C=O) groups excluding carboxylic acids is 2. The van der Waals surface area contributed by atoms with E-state index in [1.54, 1.807) is 4.90 Å². The molecular formula is C13H22N2O4S. The van der Waals surface area contributed by atoms with Gasteiger partial charge in [0.05, 0.1) is 17.4 Å². The van der Waals surface area contributed by atoms with Crippen LogP contribution in [0.2, 0.25) is 0 Å². The summed E-state index contributed by atoms with van der Waals surface area (Å²) in [6, 6.07) is -0.300. The lowest BCUT2D eigenvalue weighted by Crippen LogP contribution is -2.44. The molecule has 0 bridgehead atoms. The van der Waals surface area contributed by atoms with Crippen molar-refractivity contribution in [2.24, 2.45) is 5.92 Å². The summed E-state index contributed by atoms with van der Waals surface area (Å²) in [5.41, 5.74) is -0.289. The van der Waals surface area contributed by atoms with Crippen LogP contribution in [0.3, 0.4) is 0 Å². The van der Waals surface area contributed by atoms with E-state index in [1.807, 2.05) is 20.8 Å². The number of nitrogens with zero attached hydrogens (tertiary/aromatic N) is 1. The summed E-state index contributed by atoms with van der Waals surface area (Å²) in [6.45, 7) is 6.23. The zero-order valence-electron chi connectivity index (χ0n) is 12.2. The van der Waals surface area contributed by atoms with E-state index in [0.29, 0.717) is 13.0 Å². The summed E-state index contributed by atoms with van der Waals surface area (Å²) < 4.78 is 22.7. The lowest BCUT2D eigenvalue weighted by Gasteiger charge is -2.32. The third-order valence-corrected chi connectivity index (χ3v) is 5.65. The van der Waals surface area contributed by atoms with E-state index in [2.05, 4.69) is 5.32 Å². The predicted molar refractivity (Wildman–Crippen MR) is 74.8 cm³/mol. The van der Waals surface area contributed by atoms with E-state index in [1.165, 1.54) is 0 Å². The molecule has 2 fully saturated rings. The van der Waals surface area contributed by atoms with Gasteiger partial charge >= 0.3 is 0 Å².